The first-order valence-corrected chi connectivity index (χ1v) is 6.05. The molecular formula is C10H15N5S. The molecule has 2 heterocycles. The van der Waals surface area contributed by atoms with Crippen LogP contribution in [0.15, 0.2) is 0 Å². The van der Waals surface area contributed by atoms with E-state index in [1.807, 2.05) is 20.8 Å². The van der Waals surface area contributed by atoms with Gasteiger partial charge in [-0.25, -0.2) is 9.97 Å². The van der Waals surface area contributed by atoms with E-state index in [1.165, 1.54) is 11.5 Å². The SMILES string of the molecule is CCc1nsc(NCc2nc(C)[nH]c2C)n1. The molecule has 0 bridgehead atoms. The molecule has 0 unspecified atom stereocenters. The third-order valence-corrected chi connectivity index (χ3v) is 3.01. The van der Waals surface area contributed by atoms with E-state index in [9.17, 15) is 0 Å². The van der Waals surface area contributed by atoms with Gasteiger partial charge in [0, 0.05) is 23.6 Å². The Morgan fingerprint density at radius 1 is 1.31 bits per heavy atom. The number of aryl methyl sites for hydroxylation is 3. The lowest BCUT2D eigenvalue weighted by Gasteiger charge is -1.99. The first kappa shape index (κ1) is 11.1. The number of aromatic nitrogens is 4. The Bertz CT molecular complexity index is 473. The number of nitrogens with one attached hydrogen (secondary N) is 2. The standard InChI is InChI=1S/C10H15N5S/c1-4-9-14-10(16-15-9)11-5-8-6(2)12-7(3)13-8/h4-5H2,1-3H3,(H,12,13)(H,11,14,15). The molecule has 0 saturated carbocycles. The molecule has 2 aromatic rings. The van der Waals surface area contributed by atoms with Gasteiger partial charge in [0.25, 0.3) is 0 Å². The maximum absolute atomic E-state index is 4.39. The highest BCUT2D eigenvalue weighted by Gasteiger charge is 2.05. The van der Waals surface area contributed by atoms with Gasteiger partial charge in [-0.2, -0.15) is 4.37 Å². The molecule has 0 aliphatic rings. The number of aromatic amines is 1. The van der Waals surface area contributed by atoms with Crippen molar-refractivity contribution >= 4 is 16.7 Å². The van der Waals surface area contributed by atoms with Gasteiger partial charge < -0.3 is 10.3 Å². The molecule has 0 saturated heterocycles. The van der Waals surface area contributed by atoms with Gasteiger partial charge in [-0.15, -0.1) is 0 Å². The second-order valence-electron chi connectivity index (χ2n) is 3.62. The van der Waals surface area contributed by atoms with Gasteiger partial charge in [-0.3, -0.25) is 0 Å². The first-order chi connectivity index (χ1) is 7.69. The molecule has 86 valence electrons. The summed E-state index contributed by atoms with van der Waals surface area (Å²) in [6.45, 7) is 6.72. The van der Waals surface area contributed by atoms with E-state index in [2.05, 4.69) is 24.6 Å². The minimum absolute atomic E-state index is 0.689. The molecule has 0 atom stereocenters. The van der Waals surface area contributed by atoms with Crippen LogP contribution in [-0.2, 0) is 13.0 Å². The molecule has 0 spiro atoms. The predicted octanol–water partition coefficient (Wildman–Crippen LogP) is 2.05. The van der Waals surface area contributed by atoms with Gasteiger partial charge >= 0.3 is 0 Å². The van der Waals surface area contributed by atoms with Crippen molar-refractivity contribution in [1.29, 1.82) is 0 Å². The van der Waals surface area contributed by atoms with Crippen molar-refractivity contribution in [2.75, 3.05) is 5.32 Å². The number of imidazole rings is 1. The van der Waals surface area contributed by atoms with E-state index in [-0.39, 0.29) is 0 Å². The lowest BCUT2D eigenvalue weighted by molar-refractivity contribution is 0.983. The van der Waals surface area contributed by atoms with Gasteiger partial charge in [0.1, 0.15) is 11.6 Å². The number of H-pyrrole nitrogens is 1. The molecule has 6 heteroatoms. The van der Waals surface area contributed by atoms with Crippen LogP contribution in [0.25, 0.3) is 0 Å². The van der Waals surface area contributed by atoms with E-state index < -0.39 is 0 Å². The summed E-state index contributed by atoms with van der Waals surface area (Å²) in [5.74, 6) is 1.84. The van der Waals surface area contributed by atoms with Crippen molar-refractivity contribution in [3.63, 3.8) is 0 Å². The van der Waals surface area contributed by atoms with Crippen LogP contribution in [0.2, 0.25) is 0 Å². The van der Waals surface area contributed by atoms with Crippen molar-refractivity contribution in [2.45, 2.75) is 33.7 Å². The molecule has 2 N–H and O–H groups in total. The molecule has 0 radical (unpaired) electrons. The number of hydrogen-bond acceptors (Lipinski definition) is 5. The molecule has 2 rings (SSSR count). The summed E-state index contributed by atoms with van der Waals surface area (Å²) in [7, 11) is 0. The minimum Gasteiger partial charge on any atom is -0.355 e. The Balaban J connectivity index is 1.99. The van der Waals surface area contributed by atoms with E-state index in [0.717, 1.165) is 34.6 Å². The molecule has 5 nitrogen and oxygen atoms in total. The van der Waals surface area contributed by atoms with Gasteiger partial charge in [0.15, 0.2) is 0 Å². The van der Waals surface area contributed by atoms with Crippen molar-refractivity contribution < 1.29 is 0 Å². The van der Waals surface area contributed by atoms with Crippen LogP contribution >= 0.6 is 11.5 Å². The van der Waals surface area contributed by atoms with Crippen molar-refractivity contribution in [1.82, 2.24) is 19.3 Å². The van der Waals surface area contributed by atoms with E-state index in [4.69, 9.17) is 0 Å². The summed E-state index contributed by atoms with van der Waals surface area (Å²) in [6, 6.07) is 0. The second-order valence-corrected chi connectivity index (χ2v) is 4.37. The van der Waals surface area contributed by atoms with Crippen LogP contribution in [0.1, 0.15) is 30.0 Å². The molecule has 0 aromatic carbocycles. The summed E-state index contributed by atoms with van der Waals surface area (Å²) in [5, 5.41) is 4.09. The highest BCUT2D eigenvalue weighted by Crippen LogP contribution is 2.13. The normalized spacial score (nSPS) is 10.7. The lowest BCUT2D eigenvalue weighted by Crippen LogP contribution is -2.01. The average molecular weight is 237 g/mol. The fraction of sp³-hybridized carbons (Fsp3) is 0.500. The van der Waals surface area contributed by atoms with E-state index in [1.54, 1.807) is 0 Å². The van der Waals surface area contributed by atoms with Crippen LogP contribution in [0, 0.1) is 13.8 Å². The third kappa shape index (κ3) is 2.38. The van der Waals surface area contributed by atoms with Crippen LogP contribution in [-0.4, -0.2) is 19.3 Å². The first-order valence-electron chi connectivity index (χ1n) is 5.27. The van der Waals surface area contributed by atoms with Crippen molar-refractivity contribution in [3.05, 3.63) is 23.0 Å². The molecule has 2 aromatic heterocycles. The zero-order valence-electron chi connectivity index (χ0n) is 9.66. The molecular weight excluding hydrogens is 222 g/mol. The number of hydrogen-bond donors (Lipinski definition) is 2. The topological polar surface area (TPSA) is 66.5 Å². The monoisotopic (exact) mass is 237 g/mol. The number of nitrogens with zero attached hydrogens (tertiary/aromatic N) is 3. The van der Waals surface area contributed by atoms with Gasteiger partial charge in [-0.05, 0) is 13.8 Å². The smallest absolute Gasteiger partial charge is 0.202 e. The van der Waals surface area contributed by atoms with Crippen molar-refractivity contribution in [3.8, 4) is 0 Å². The van der Waals surface area contributed by atoms with Gasteiger partial charge in [0.05, 0.1) is 12.2 Å². The maximum atomic E-state index is 4.39. The predicted molar refractivity (Wildman–Crippen MR) is 64.7 cm³/mol. The van der Waals surface area contributed by atoms with Crippen LogP contribution in [0.3, 0.4) is 0 Å². The molecule has 0 aliphatic heterocycles. The summed E-state index contributed by atoms with van der Waals surface area (Å²) < 4.78 is 4.21. The summed E-state index contributed by atoms with van der Waals surface area (Å²) in [5.41, 5.74) is 2.14. The second kappa shape index (κ2) is 4.61. The lowest BCUT2D eigenvalue weighted by atomic mass is 10.3. The molecule has 16 heavy (non-hydrogen) atoms. The Morgan fingerprint density at radius 3 is 2.69 bits per heavy atom. The molecule has 0 aliphatic carbocycles. The average Bonchev–Trinajstić information content (AvgIpc) is 2.82. The largest absolute Gasteiger partial charge is 0.355 e. The Labute approximate surface area is 98.5 Å². The fourth-order valence-corrected chi connectivity index (χ4v) is 2.10. The van der Waals surface area contributed by atoms with Crippen LogP contribution in [0.4, 0.5) is 5.13 Å². The highest BCUT2D eigenvalue weighted by molar-refractivity contribution is 7.09. The van der Waals surface area contributed by atoms with Gasteiger partial charge in [-0.1, -0.05) is 6.92 Å². The minimum atomic E-state index is 0.689. The molecule has 0 fully saturated rings. The van der Waals surface area contributed by atoms with Crippen LogP contribution < -0.4 is 5.32 Å². The Kier molecular flexibility index (Phi) is 3.19. The third-order valence-electron chi connectivity index (χ3n) is 2.30. The zero-order chi connectivity index (χ0) is 11.5. The quantitative estimate of drug-likeness (QED) is 0.854. The van der Waals surface area contributed by atoms with E-state index in [0.29, 0.717) is 6.54 Å². The number of rotatable bonds is 4. The van der Waals surface area contributed by atoms with E-state index >= 15 is 0 Å². The maximum Gasteiger partial charge on any atom is 0.202 e. The fourth-order valence-electron chi connectivity index (χ4n) is 1.46. The number of anilines is 1. The summed E-state index contributed by atoms with van der Waals surface area (Å²) in [6.07, 6.45) is 0.874. The summed E-state index contributed by atoms with van der Waals surface area (Å²) in [4.78, 5) is 11.9. The summed E-state index contributed by atoms with van der Waals surface area (Å²) >= 11 is 1.40. The zero-order valence-corrected chi connectivity index (χ0v) is 10.5. The Morgan fingerprint density at radius 2 is 2.12 bits per heavy atom. The molecule has 0 amide bonds. The van der Waals surface area contributed by atoms with Crippen molar-refractivity contribution in [2.24, 2.45) is 0 Å². The van der Waals surface area contributed by atoms with Crippen LogP contribution in [0.5, 0.6) is 0 Å². The highest BCUT2D eigenvalue weighted by atomic mass is 32.1. The van der Waals surface area contributed by atoms with Gasteiger partial charge in [0.2, 0.25) is 5.13 Å². The Hall–Kier alpha value is -1.43.